The second-order valence-corrected chi connectivity index (χ2v) is 4.34. The average Bonchev–Trinajstić information content (AvgIpc) is 1.98. The summed E-state index contributed by atoms with van der Waals surface area (Å²) in [5, 5.41) is 0. The molecule has 0 aromatic carbocycles. The number of rotatable bonds is 3. The Hall–Kier alpha value is -0.623. The van der Waals surface area contributed by atoms with Crippen LogP contribution in [0.2, 0.25) is 0 Å². The fourth-order valence-corrected chi connectivity index (χ4v) is 1.07. The van der Waals surface area contributed by atoms with E-state index >= 15 is 0 Å². The SMILES string of the molecule is FC(F)(F)C(F)(F)C(F)(F)C(F)(F)[Si](F)(F)F. The Balaban J connectivity index is 5.73. The maximum absolute atomic E-state index is 12.1. The van der Waals surface area contributed by atoms with Gasteiger partial charge in [-0.05, 0) is 0 Å². The fourth-order valence-electron chi connectivity index (χ4n) is 0.553. The van der Waals surface area contributed by atoms with E-state index in [4.69, 9.17) is 0 Å². The summed E-state index contributed by atoms with van der Waals surface area (Å²) in [6.07, 6.45) is -7.24. The standard InChI is InChI=1S/C4F12Si/c5-1(6,3(9,10)11)2(7,8)4(12,13)17(14,15)16. The Kier molecular flexibility index (Phi) is 3.55. The van der Waals surface area contributed by atoms with Crippen LogP contribution >= 0.6 is 0 Å². The van der Waals surface area contributed by atoms with Gasteiger partial charge < -0.3 is 0 Å². The summed E-state index contributed by atoms with van der Waals surface area (Å²) in [6, 6.07) is 0. The molecule has 0 aliphatic heterocycles. The Bertz CT molecular complexity index is 254. The van der Waals surface area contributed by atoms with E-state index in [9.17, 15) is 51.8 Å². The van der Waals surface area contributed by atoms with Gasteiger partial charge in [0.05, 0.1) is 0 Å². The highest BCUT2D eigenvalue weighted by atomic mass is 28.5. The summed E-state index contributed by atoms with van der Waals surface area (Å²) in [6.45, 7) is 0. The maximum atomic E-state index is 12.1. The summed E-state index contributed by atoms with van der Waals surface area (Å²) in [4.78, 5) is 0. The molecule has 0 bridgehead atoms. The molecule has 0 N–H and O–H groups in total. The van der Waals surface area contributed by atoms with Gasteiger partial charge in [-0.3, -0.25) is 0 Å². The Morgan fingerprint density at radius 3 is 1.00 bits per heavy atom. The minimum absolute atomic E-state index is 7.24. The van der Waals surface area contributed by atoms with Gasteiger partial charge >= 0.3 is 32.6 Å². The zero-order chi connectivity index (χ0) is 14.5. The van der Waals surface area contributed by atoms with Crippen molar-refractivity contribution in [1.29, 1.82) is 0 Å². The molecule has 0 aliphatic carbocycles. The van der Waals surface area contributed by atoms with E-state index in [1.54, 1.807) is 0 Å². The smallest absolute Gasteiger partial charge is 0.234 e. The second-order valence-electron chi connectivity index (χ2n) is 2.72. The van der Waals surface area contributed by atoms with Gasteiger partial charge in [0.15, 0.2) is 0 Å². The van der Waals surface area contributed by atoms with Crippen molar-refractivity contribution < 1.29 is 51.8 Å². The lowest BCUT2D eigenvalue weighted by molar-refractivity contribution is -0.386. The largest absolute Gasteiger partial charge is 0.697 e. The molecule has 0 rings (SSSR count). The summed E-state index contributed by atoms with van der Waals surface area (Å²) in [7, 11) is -8.77. The second kappa shape index (κ2) is 3.68. The molecule has 17 heavy (non-hydrogen) atoms. The van der Waals surface area contributed by atoms with Crippen molar-refractivity contribution in [3.63, 3.8) is 0 Å². The Morgan fingerprint density at radius 1 is 0.529 bits per heavy atom. The van der Waals surface area contributed by atoms with Crippen LogP contribution in [0, 0.1) is 0 Å². The van der Waals surface area contributed by atoms with E-state index in [1.807, 2.05) is 0 Å². The predicted molar refractivity (Wildman–Crippen MR) is 30.0 cm³/mol. The Labute approximate surface area is 85.7 Å². The van der Waals surface area contributed by atoms with E-state index < -0.39 is 32.6 Å². The van der Waals surface area contributed by atoms with E-state index in [2.05, 4.69) is 0 Å². The van der Waals surface area contributed by atoms with Crippen LogP contribution in [0.25, 0.3) is 0 Å². The maximum Gasteiger partial charge on any atom is 0.697 e. The van der Waals surface area contributed by atoms with Crippen LogP contribution in [-0.2, 0) is 0 Å². The molecule has 0 nitrogen and oxygen atoms in total. The number of hydrogen-bond donors (Lipinski definition) is 0. The highest BCUT2D eigenvalue weighted by Gasteiger charge is 2.90. The lowest BCUT2D eigenvalue weighted by Crippen LogP contribution is -2.67. The van der Waals surface area contributed by atoms with Crippen LogP contribution in [0.3, 0.4) is 0 Å². The van der Waals surface area contributed by atoms with Gasteiger partial charge in [0.25, 0.3) is 0 Å². The predicted octanol–water partition coefficient (Wildman–Crippen LogP) is 3.84. The summed E-state index contributed by atoms with van der Waals surface area (Å²) in [5.41, 5.74) is -7.39. The number of alkyl halides is 9. The topological polar surface area (TPSA) is 0 Å². The van der Waals surface area contributed by atoms with Gasteiger partial charge in [0.2, 0.25) is 0 Å². The number of hydrogen-bond acceptors (Lipinski definition) is 0. The first-order valence-electron chi connectivity index (χ1n) is 3.27. The molecule has 0 unspecified atom stereocenters. The van der Waals surface area contributed by atoms with Crippen molar-refractivity contribution in [2.75, 3.05) is 0 Å². The molecule has 0 amide bonds. The van der Waals surface area contributed by atoms with Crippen molar-refractivity contribution in [3.8, 4) is 0 Å². The first-order valence-corrected chi connectivity index (χ1v) is 4.90. The first kappa shape index (κ1) is 16.4. The van der Waals surface area contributed by atoms with E-state index in [0.29, 0.717) is 0 Å². The molecule has 104 valence electrons. The normalized spacial score (nSPS) is 16.2. The molecule has 0 aromatic heterocycles. The average molecular weight is 304 g/mol. The molecule has 0 heterocycles. The molecule has 0 atom stereocenters. The molecule has 0 saturated carbocycles. The molecule has 0 fully saturated rings. The quantitative estimate of drug-likeness (QED) is 0.422. The van der Waals surface area contributed by atoms with Crippen LogP contribution in [0.5, 0.6) is 0 Å². The zero-order valence-electron chi connectivity index (χ0n) is 7.04. The third-order valence-electron chi connectivity index (χ3n) is 1.50. The molecule has 0 aromatic rings. The van der Waals surface area contributed by atoms with Crippen molar-refractivity contribution in [2.45, 2.75) is 23.6 Å². The minimum Gasteiger partial charge on any atom is -0.234 e. The van der Waals surface area contributed by atoms with Crippen LogP contribution in [0.4, 0.5) is 51.8 Å². The van der Waals surface area contributed by atoms with Crippen LogP contribution in [-0.4, -0.2) is 32.6 Å². The molecule has 13 heteroatoms. The van der Waals surface area contributed by atoms with Gasteiger partial charge in [-0.2, -0.15) is 39.5 Å². The molecular formula is C4F12Si. The van der Waals surface area contributed by atoms with E-state index in [0.717, 1.165) is 0 Å². The fraction of sp³-hybridized carbons (Fsp3) is 1.00. The van der Waals surface area contributed by atoms with Crippen LogP contribution in [0.15, 0.2) is 0 Å². The van der Waals surface area contributed by atoms with Crippen molar-refractivity contribution in [2.24, 2.45) is 0 Å². The van der Waals surface area contributed by atoms with Gasteiger partial charge in [-0.1, -0.05) is 0 Å². The van der Waals surface area contributed by atoms with Gasteiger partial charge in [0.1, 0.15) is 0 Å². The van der Waals surface area contributed by atoms with Crippen molar-refractivity contribution in [3.05, 3.63) is 0 Å². The molecular weight excluding hydrogens is 304 g/mol. The summed E-state index contributed by atoms with van der Waals surface area (Å²) in [5.74, 6) is -15.1. The van der Waals surface area contributed by atoms with Crippen LogP contribution < -0.4 is 0 Å². The van der Waals surface area contributed by atoms with Gasteiger partial charge in [0, 0.05) is 0 Å². The molecule has 0 saturated heterocycles. The van der Waals surface area contributed by atoms with Gasteiger partial charge in [-0.25, -0.2) is 12.3 Å². The highest BCUT2D eigenvalue weighted by Crippen LogP contribution is 2.56. The monoisotopic (exact) mass is 304 g/mol. The van der Waals surface area contributed by atoms with Gasteiger partial charge in [-0.15, -0.1) is 0 Å². The summed E-state index contributed by atoms with van der Waals surface area (Å²) >= 11 is 0. The molecule has 0 aliphatic rings. The van der Waals surface area contributed by atoms with Crippen molar-refractivity contribution >= 4 is 9.08 Å². The summed E-state index contributed by atoms with van der Waals surface area (Å²) < 4.78 is 140. The molecule has 0 spiro atoms. The molecule has 0 radical (unpaired) electrons. The van der Waals surface area contributed by atoms with Crippen LogP contribution in [0.1, 0.15) is 0 Å². The highest BCUT2D eigenvalue weighted by molar-refractivity contribution is 6.61. The first-order chi connectivity index (χ1) is 7.00. The Morgan fingerprint density at radius 2 is 0.824 bits per heavy atom. The number of halogens is 12. The minimum atomic E-state index is -8.77. The lowest BCUT2D eigenvalue weighted by atomic mass is 10.1. The zero-order valence-corrected chi connectivity index (χ0v) is 8.04. The third kappa shape index (κ3) is 2.20. The third-order valence-corrected chi connectivity index (χ3v) is 2.53. The van der Waals surface area contributed by atoms with E-state index in [-0.39, 0.29) is 0 Å². The lowest BCUT2D eigenvalue weighted by Gasteiger charge is -2.33. The van der Waals surface area contributed by atoms with E-state index in [1.165, 1.54) is 0 Å². The van der Waals surface area contributed by atoms with Crippen molar-refractivity contribution in [1.82, 2.24) is 0 Å².